The van der Waals surface area contributed by atoms with Crippen molar-refractivity contribution in [3.05, 3.63) is 59.7 Å². The predicted octanol–water partition coefficient (Wildman–Crippen LogP) is 3.34. The van der Waals surface area contributed by atoms with Crippen molar-refractivity contribution in [2.24, 2.45) is 4.99 Å². The molecule has 2 aromatic rings. The fraction of sp³-hybridized carbons (Fsp3) is 0.440. The molecule has 0 radical (unpaired) electrons. The lowest BCUT2D eigenvalue weighted by molar-refractivity contribution is -0.127. The van der Waals surface area contributed by atoms with E-state index >= 15 is 0 Å². The Bertz CT molecular complexity index is 893. The number of likely N-dealkylation sites (N-methyl/N-ethyl adjacent to an activating group) is 1. The summed E-state index contributed by atoms with van der Waals surface area (Å²) in [6, 6.07) is 15.9. The summed E-state index contributed by atoms with van der Waals surface area (Å²) in [4.78, 5) is 18.3. The van der Waals surface area contributed by atoms with Crippen molar-refractivity contribution in [1.82, 2.24) is 15.5 Å². The van der Waals surface area contributed by atoms with Gasteiger partial charge in [-0.05, 0) is 43.4 Å². The van der Waals surface area contributed by atoms with Crippen LogP contribution in [-0.2, 0) is 17.9 Å². The number of guanidine groups is 1. The zero-order valence-electron chi connectivity index (χ0n) is 19.3. The average molecular weight is 439 g/mol. The number of aliphatic imine (C=N–C) groups is 1. The molecule has 0 aromatic heterocycles. The number of nitrogens with zero attached hydrogens (tertiary/aromatic N) is 2. The summed E-state index contributed by atoms with van der Waals surface area (Å²) in [5.41, 5.74) is 2.12. The SMILES string of the molecule is COc1ccc(CNC(=NCc2ccccc2)NCC(=O)N(C)C)c(OC2CCCC2)c1. The van der Waals surface area contributed by atoms with E-state index < -0.39 is 0 Å². The molecule has 32 heavy (non-hydrogen) atoms. The molecular formula is C25H34N4O3. The Balaban J connectivity index is 1.71. The van der Waals surface area contributed by atoms with E-state index in [1.807, 2.05) is 48.5 Å². The summed E-state index contributed by atoms with van der Waals surface area (Å²) in [6.07, 6.45) is 4.84. The lowest BCUT2D eigenvalue weighted by atomic mass is 10.2. The fourth-order valence-electron chi connectivity index (χ4n) is 3.53. The molecule has 2 N–H and O–H groups in total. The molecule has 7 heteroatoms. The van der Waals surface area contributed by atoms with Crippen LogP contribution in [0.15, 0.2) is 53.5 Å². The van der Waals surface area contributed by atoms with E-state index in [9.17, 15) is 4.79 Å². The molecule has 1 saturated carbocycles. The van der Waals surface area contributed by atoms with Crippen molar-refractivity contribution in [3.8, 4) is 11.5 Å². The van der Waals surface area contributed by atoms with Gasteiger partial charge in [-0.15, -0.1) is 0 Å². The first kappa shape index (κ1) is 23.4. The number of ether oxygens (including phenoxy) is 2. The second kappa shape index (κ2) is 12.0. The van der Waals surface area contributed by atoms with Crippen LogP contribution in [0.5, 0.6) is 11.5 Å². The number of methoxy groups -OCH3 is 1. The van der Waals surface area contributed by atoms with Crippen molar-refractivity contribution >= 4 is 11.9 Å². The first-order chi connectivity index (χ1) is 15.5. The summed E-state index contributed by atoms with van der Waals surface area (Å²) in [5.74, 6) is 2.16. The Labute approximate surface area is 190 Å². The van der Waals surface area contributed by atoms with Crippen molar-refractivity contribution < 1.29 is 14.3 Å². The van der Waals surface area contributed by atoms with Crippen LogP contribution in [0.25, 0.3) is 0 Å². The third kappa shape index (κ3) is 7.18. The Morgan fingerprint density at radius 3 is 2.53 bits per heavy atom. The number of nitrogens with one attached hydrogen (secondary N) is 2. The Hall–Kier alpha value is -3.22. The van der Waals surface area contributed by atoms with E-state index in [2.05, 4.69) is 15.6 Å². The molecule has 0 unspecified atom stereocenters. The lowest BCUT2D eigenvalue weighted by Crippen LogP contribution is -2.42. The van der Waals surface area contributed by atoms with E-state index in [4.69, 9.17) is 9.47 Å². The molecule has 3 rings (SSSR count). The highest BCUT2D eigenvalue weighted by Gasteiger charge is 2.18. The molecule has 0 saturated heterocycles. The van der Waals surface area contributed by atoms with Gasteiger partial charge in [0.15, 0.2) is 5.96 Å². The molecule has 172 valence electrons. The van der Waals surface area contributed by atoms with Crippen molar-refractivity contribution in [2.45, 2.75) is 44.9 Å². The summed E-state index contributed by atoms with van der Waals surface area (Å²) in [5, 5.41) is 6.49. The smallest absolute Gasteiger partial charge is 0.241 e. The van der Waals surface area contributed by atoms with Gasteiger partial charge in [-0.3, -0.25) is 4.79 Å². The molecule has 1 fully saturated rings. The number of rotatable bonds is 9. The zero-order valence-corrected chi connectivity index (χ0v) is 19.3. The largest absolute Gasteiger partial charge is 0.497 e. The van der Waals surface area contributed by atoms with Crippen LogP contribution in [-0.4, -0.2) is 50.6 Å². The Kier molecular flexibility index (Phi) is 8.78. The Morgan fingerprint density at radius 2 is 1.84 bits per heavy atom. The summed E-state index contributed by atoms with van der Waals surface area (Å²) in [7, 11) is 5.14. The highest BCUT2D eigenvalue weighted by molar-refractivity contribution is 5.86. The molecular weight excluding hydrogens is 404 g/mol. The third-order valence-electron chi connectivity index (χ3n) is 5.48. The van der Waals surface area contributed by atoms with Crippen LogP contribution in [0.4, 0.5) is 0 Å². The van der Waals surface area contributed by atoms with Gasteiger partial charge >= 0.3 is 0 Å². The van der Waals surface area contributed by atoms with E-state index in [0.29, 0.717) is 19.0 Å². The number of benzene rings is 2. The van der Waals surface area contributed by atoms with Crippen LogP contribution < -0.4 is 20.1 Å². The van der Waals surface area contributed by atoms with Crippen molar-refractivity contribution in [3.63, 3.8) is 0 Å². The molecule has 0 spiro atoms. The van der Waals surface area contributed by atoms with Gasteiger partial charge in [0.05, 0.1) is 26.3 Å². The Morgan fingerprint density at radius 1 is 1.09 bits per heavy atom. The minimum Gasteiger partial charge on any atom is -0.497 e. The molecule has 0 atom stereocenters. The first-order valence-electron chi connectivity index (χ1n) is 11.1. The second-order valence-corrected chi connectivity index (χ2v) is 8.14. The number of hydrogen-bond acceptors (Lipinski definition) is 4. The normalized spacial score (nSPS) is 14.2. The van der Waals surface area contributed by atoms with Gasteiger partial charge < -0.3 is 25.0 Å². The van der Waals surface area contributed by atoms with Crippen molar-refractivity contribution in [2.75, 3.05) is 27.7 Å². The maximum Gasteiger partial charge on any atom is 0.241 e. The van der Waals surface area contributed by atoms with E-state index in [1.165, 1.54) is 12.8 Å². The van der Waals surface area contributed by atoms with Gasteiger partial charge in [-0.25, -0.2) is 4.99 Å². The van der Waals surface area contributed by atoms with Crippen molar-refractivity contribution in [1.29, 1.82) is 0 Å². The predicted molar refractivity (Wildman–Crippen MR) is 127 cm³/mol. The molecule has 1 amide bonds. The fourth-order valence-corrected chi connectivity index (χ4v) is 3.53. The lowest BCUT2D eigenvalue weighted by Gasteiger charge is -2.19. The topological polar surface area (TPSA) is 75.2 Å². The highest BCUT2D eigenvalue weighted by Crippen LogP contribution is 2.30. The van der Waals surface area contributed by atoms with Gasteiger partial charge in [0, 0.05) is 32.3 Å². The van der Waals surface area contributed by atoms with Crippen LogP contribution in [0.3, 0.4) is 0 Å². The molecule has 0 heterocycles. The number of amides is 1. The molecule has 2 aromatic carbocycles. The minimum atomic E-state index is -0.0195. The van der Waals surface area contributed by atoms with E-state index in [-0.39, 0.29) is 18.6 Å². The summed E-state index contributed by atoms with van der Waals surface area (Å²) in [6.45, 7) is 1.20. The maximum absolute atomic E-state index is 12.1. The summed E-state index contributed by atoms with van der Waals surface area (Å²) < 4.78 is 11.7. The van der Waals surface area contributed by atoms with Gasteiger partial charge in [-0.1, -0.05) is 30.3 Å². The molecule has 1 aliphatic rings. The minimum absolute atomic E-state index is 0.0195. The summed E-state index contributed by atoms with van der Waals surface area (Å²) >= 11 is 0. The molecule has 0 aliphatic heterocycles. The van der Waals surface area contributed by atoms with Gasteiger partial charge in [0.2, 0.25) is 5.91 Å². The van der Waals surface area contributed by atoms with Gasteiger partial charge in [0.1, 0.15) is 11.5 Å². The number of carbonyl (C=O) groups is 1. The number of hydrogen-bond donors (Lipinski definition) is 2. The monoisotopic (exact) mass is 438 g/mol. The highest BCUT2D eigenvalue weighted by atomic mass is 16.5. The van der Waals surface area contributed by atoms with Crippen LogP contribution >= 0.6 is 0 Å². The van der Waals surface area contributed by atoms with Crippen LogP contribution in [0.1, 0.15) is 36.8 Å². The standard InChI is InChI=1S/C25H34N4O3/c1-29(2)24(30)18-28-25(26-16-19-9-5-4-6-10-19)27-17-20-13-14-22(31-3)15-23(20)32-21-11-7-8-12-21/h4-6,9-10,13-15,21H,7-8,11-12,16-18H2,1-3H3,(H2,26,27,28). The van der Waals surface area contributed by atoms with Crippen LogP contribution in [0, 0.1) is 0 Å². The van der Waals surface area contributed by atoms with E-state index in [0.717, 1.165) is 35.5 Å². The second-order valence-electron chi connectivity index (χ2n) is 8.14. The van der Waals surface area contributed by atoms with Crippen LogP contribution in [0.2, 0.25) is 0 Å². The maximum atomic E-state index is 12.1. The zero-order chi connectivity index (χ0) is 22.8. The quantitative estimate of drug-likeness (QED) is 0.464. The molecule has 1 aliphatic carbocycles. The van der Waals surface area contributed by atoms with Gasteiger partial charge in [0.25, 0.3) is 0 Å². The third-order valence-corrected chi connectivity index (χ3v) is 5.48. The average Bonchev–Trinajstić information content (AvgIpc) is 3.32. The molecule has 7 nitrogen and oxygen atoms in total. The number of carbonyl (C=O) groups excluding carboxylic acids is 1. The van der Waals surface area contributed by atoms with E-state index in [1.54, 1.807) is 26.1 Å². The first-order valence-corrected chi connectivity index (χ1v) is 11.1. The van der Waals surface area contributed by atoms with Gasteiger partial charge in [-0.2, -0.15) is 0 Å². The molecule has 0 bridgehead atoms.